The molecule has 1 amide bonds. The number of nitrogens with zero attached hydrogens (tertiary/aromatic N) is 3. The Hall–Kier alpha value is -3.10. The molecule has 132 valence electrons. The van der Waals surface area contributed by atoms with Gasteiger partial charge in [-0.3, -0.25) is 9.79 Å². The van der Waals surface area contributed by atoms with Crippen LogP contribution in [0.2, 0.25) is 0 Å². The van der Waals surface area contributed by atoms with E-state index >= 15 is 0 Å². The molecule has 9 heteroatoms. The van der Waals surface area contributed by atoms with E-state index in [4.69, 9.17) is 9.90 Å². The minimum absolute atomic E-state index is 0.0989. The number of allylic oxidation sites excluding steroid dienone is 1. The summed E-state index contributed by atoms with van der Waals surface area (Å²) in [6.07, 6.45) is 4.10. The van der Waals surface area contributed by atoms with Crippen LogP contribution in [0.25, 0.3) is 0 Å². The topological polar surface area (TPSA) is 73.2 Å². The predicted molar refractivity (Wildman–Crippen MR) is 85.2 cm³/mol. The highest BCUT2D eigenvalue weighted by molar-refractivity contribution is 5.98. The van der Waals surface area contributed by atoms with E-state index in [0.29, 0.717) is 6.54 Å². The van der Waals surface area contributed by atoms with Gasteiger partial charge in [-0.15, -0.1) is 0 Å². The number of halogens is 3. The highest BCUT2D eigenvalue weighted by atomic mass is 19.4. The number of rotatable bonds is 1. The average Bonchev–Trinajstić information content (AvgIpc) is 2.74. The lowest BCUT2D eigenvalue weighted by Crippen LogP contribution is -2.21. The van der Waals surface area contributed by atoms with Gasteiger partial charge >= 0.3 is 12.1 Å². The quantitative estimate of drug-likeness (QED) is 0.843. The molecule has 0 saturated heterocycles. The van der Waals surface area contributed by atoms with Gasteiger partial charge < -0.3 is 14.9 Å². The SMILES string of the molecule is CN1Cc2cc(N3C=CC=NC=C3)ccc2C1=O.O=C(O)C(F)(F)F. The van der Waals surface area contributed by atoms with Crippen molar-refractivity contribution in [3.63, 3.8) is 0 Å². The Morgan fingerprint density at radius 3 is 2.60 bits per heavy atom. The summed E-state index contributed by atoms with van der Waals surface area (Å²) in [5, 5.41) is 7.12. The fourth-order valence-electron chi connectivity index (χ4n) is 2.18. The zero-order valence-corrected chi connectivity index (χ0v) is 13.1. The summed E-state index contributed by atoms with van der Waals surface area (Å²) in [6, 6.07) is 5.90. The van der Waals surface area contributed by atoms with Gasteiger partial charge in [-0.25, -0.2) is 4.79 Å². The molecule has 1 aromatic rings. The first-order chi connectivity index (χ1) is 11.7. The summed E-state index contributed by atoms with van der Waals surface area (Å²) in [5.41, 5.74) is 2.92. The molecule has 0 unspecified atom stereocenters. The number of carboxylic acids is 1. The molecule has 0 atom stereocenters. The molecular formula is C16H14F3N3O3. The summed E-state index contributed by atoms with van der Waals surface area (Å²) in [6.45, 7) is 0.680. The van der Waals surface area contributed by atoms with Crippen molar-refractivity contribution in [2.24, 2.45) is 4.99 Å². The maximum absolute atomic E-state index is 11.8. The van der Waals surface area contributed by atoms with Crippen LogP contribution in [-0.4, -0.2) is 41.3 Å². The Bertz CT molecular complexity index is 754. The fourth-order valence-corrected chi connectivity index (χ4v) is 2.18. The van der Waals surface area contributed by atoms with Gasteiger partial charge in [0.25, 0.3) is 5.91 Å². The van der Waals surface area contributed by atoms with Gasteiger partial charge in [-0.1, -0.05) is 0 Å². The van der Waals surface area contributed by atoms with E-state index in [-0.39, 0.29) is 5.91 Å². The molecule has 25 heavy (non-hydrogen) atoms. The summed E-state index contributed by atoms with van der Waals surface area (Å²) in [5.74, 6) is -2.66. The van der Waals surface area contributed by atoms with Gasteiger partial charge in [0.2, 0.25) is 0 Å². The van der Waals surface area contributed by atoms with Gasteiger partial charge in [0.1, 0.15) is 0 Å². The molecule has 1 aromatic carbocycles. The largest absolute Gasteiger partial charge is 0.490 e. The second kappa shape index (κ2) is 7.20. The normalized spacial score (nSPS) is 15.6. The monoisotopic (exact) mass is 353 g/mol. The van der Waals surface area contributed by atoms with Crippen LogP contribution in [0.3, 0.4) is 0 Å². The number of alkyl halides is 3. The van der Waals surface area contributed by atoms with Crippen LogP contribution in [0.4, 0.5) is 18.9 Å². The van der Waals surface area contributed by atoms with E-state index in [2.05, 4.69) is 11.1 Å². The van der Waals surface area contributed by atoms with E-state index in [1.165, 1.54) is 0 Å². The molecule has 2 aliphatic heterocycles. The van der Waals surface area contributed by atoms with Gasteiger partial charge in [0.15, 0.2) is 0 Å². The van der Waals surface area contributed by atoms with Crippen molar-refractivity contribution < 1.29 is 27.9 Å². The second-order valence-electron chi connectivity index (χ2n) is 5.15. The molecule has 0 aliphatic carbocycles. The number of amides is 1. The van der Waals surface area contributed by atoms with Crippen molar-refractivity contribution in [1.82, 2.24) is 4.90 Å². The first-order valence-electron chi connectivity index (χ1n) is 7.03. The lowest BCUT2D eigenvalue weighted by Gasteiger charge is -2.15. The first-order valence-corrected chi connectivity index (χ1v) is 7.03. The van der Waals surface area contributed by atoms with Gasteiger partial charge in [0, 0.05) is 49.7 Å². The number of anilines is 1. The van der Waals surface area contributed by atoms with E-state index in [1.807, 2.05) is 42.6 Å². The van der Waals surface area contributed by atoms with Crippen molar-refractivity contribution in [3.05, 3.63) is 54.0 Å². The standard InChI is InChI=1S/C14H13N3O.C2HF3O2/c1-16-10-11-9-12(3-4-13(11)14(16)18)17-7-2-5-15-6-8-17;3-2(4,5)1(6)7/h2-9H,10H2,1H3;(H,6,7). The molecule has 0 fully saturated rings. The molecule has 3 rings (SSSR count). The number of benzene rings is 1. The molecule has 0 saturated carbocycles. The van der Waals surface area contributed by atoms with Crippen molar-refractivity contribution >= 4 is 23.8 Å². The Kier molecular flexibility index (Phi) is 5.26. The molecule has 0 spiro atoms. The molecule has 0 radical (unpaired) electrons. The van der Waals surface area contributed by atoms with Crippen LogP contribution in [-0.2, 0) is 11.3 Å². The van der Waals surface area contributed by atoms with E-state index < -0.39 is 12.1 Å². The number of hydrogen-bond acceptors (Lipinski definition) is 4. The molecular weight excluding hydrogens is 339 g/mol. The lowest BCUT2D eigenvalue weighted by atomic mass is 10.1. The van der Waals surface area contributed by atoms with Crippen LogP contribution in [0.15, 0.2) is 47.9 Å². The van der Waals surface area contributed by atoms with Crippen LogP contribution in [0.5, 0.6) is 0 Å². The molecule has 0 bridgehead atoms. The van der Waals surface area contributed by atoms with Gasteiger partial charge in [-0.2, -0.15) is 13.2 Å². The summed E-state index contributed by atoms with van der Waals surface area (Å²) in [4.78, 5) is 28.5. The Morgan fingerprint density at radius 2 is 1.96 bits per heavy atom. The van der Waals surface area contributed by atoms with Crippen LogP contribution >= 0.6 is 0 Å². The zero-order valence-electron chi connectivity index (χ0n) is 13.1. The Morgan fingerprint density at radius 1 is 1.28 bits per heavy atom. The molecule has 6 nitrogen and oxygen atoms in total. The molecule has 1 N–H and O–H groups in total. The van der Waals surface area contributed by atoms with Crippen LogP contribution < -0.4 is 4.90 Å². The van der Waals surface area contributed by atoms with E-state index in [1.54, 1.807) is 17.3 Å². The van der Waals surface area contributed by atoms with E-state index in [0.717, 1.165) is 16.8 Å². The average molecular weight is 353 g/mol. The number of aliphatic imine (C=N–C) groups is 1. The molecule has 2 aliphatic rings. The summed E-state index contributed by atoms with van der Waals surface area (Å²) < 4.78 is 31.7. The first kappa shape index (κ1) is 18.2. The van der Waals surface area contributed by atoms with Gasteiger partial charge in [-0.05, 0) is 29.8 Å². The van der Waals surface area contributed by atoms with E-state index in [9.17, 15) is 18.0 Å². The van der Waals surface area contributed by atoms with Crippen LogP contribution in [0.1, 0.15) is 15.9 Å². The zero-order chi connectivity index (χ0) is 18.6. The third-order valence-electron chi connectivity index (χ3n) is 3.35. The van der Waals surface area contributed by atoms with Crippen LogP contribution in [0, 0.1) is 0 Å². The predicted octanol–water partition coefficient (Wildman–Crippen LogP) is 2.78. The number of carbonyl (C=O) groups is 2. The van der Waals surface area contributed by atoms with Crippen molar-refractivity contribution in [2.45, 2.75) is 12.7 Å². The lowest BCUT2D eigenvalue weighted by molar-refractivity contribution is -0.192. The summed E-state index contributed by atoms with van der Waals surface area (Å²) in [7, 11) is 1.82. The minimum Gasteiger partial charge on any atom is -0.475 e. The maximum Gasteiger partial charge on any atom is 0.490 e. The Labute approximate surface area is 141 Å². The highest BCUT2D eigenvalue weighted by Gasteiger charge is 2.38. The third-order valence-corrected chi connectivity index (χ3v) is 3.35. The smallest absolute Gasteiger partial charge is 0.475 e. The number of carboxylic acid groups (broad SMARTS) is 1. The summed E-state index contributed by atoms with van der Waals surface area (Å²) >= 11 is 0. The van der Waals surface area contributed by atoms with Crippen molar-refractivity contribution in [1.29, 1.82) is 0 Å². The van der Waals surface area contributed by atoms with Crippen molar-refractivity contribution in [3.8, 4) is 0 Å². The fraction of sp³-hybridized carbons (Fsp3) is 0.188. The number of aliphatic carboxylic acids is 1. The second-order valence-corrected chi connectivity index (χ2v) is 5.15. The van der Waals surface area contributed by atoms with Crippen molar-refractivity contribution in [2.75, 3.05) is 11.9 Å². The number of carbonyl (C=O) groups excluding carboxylic acids is 1. The maximum atomic E-state index is 11.8. The Balaban J connectivity index is 0.000000277. The minimum atomic E-state index is -5.08. The third kappa shape index (κ3) is 4.46. The molecule has 0 aromatic heterocycles. The number of fused-ring (bicyclic) bond motifs is 1. The highest BCUT2D eigenvalue weighted by Crippen LogP contribution is 2.27. The number of hydrogen-bond donors (Lipinski definition) is 1. The van der Waals surface area contributed by atoms with Gasteiger partial charge in [0.05, 0.1) is 0 Å². The molecule has 2 heterocycles.